The van der Waals surface area contributed by atoms with E-state index in [-0.39, 0.29) is 29.4 Å². The summed E-state index contributed by atoms with van der Waals surface area (Å²) in [6.07, 6.45) is 2.50. The first-order valence-corrected chi connectivity index (χ1v) is 14.6. The van der Waals surface area contributed by atoms with Gasteiger partial charge in [0, 0.05) is 43.0 Å². The van der Waals surface area contributed by atoms with Crippen LogP contribution in [-0.4, -0.2) is 86.4 Å². The van der Waals surface area contributed by atoms with Crippen LogP contribution in [0.2, 0.25) is 0 Å². The molecule has 4 rings (SSSR count). The summed E-state index contributed by atoms with van der Waals surface area (Å²) in [6, 6.07) is 13.1. The quantitative estimate of drug-likeness (QED) is 0.522. The number of nitriles is 1. The Hall–Kier alpha value is -2.97. The molecule has 2 heterocycles. The average molecular weight is 540 g/mol. The Labute approximate surface area is 226 Å². The minimum absolute atomic E-state index is 0.111. The van der Waals surface area contributed by atoms with Gasteiger partial charge in [-0.25, -0.2) is 8.42 Å². The van der Waals surface area contributed by atoms with Gasteiger partial charge < -0.3 is 10.1 Å². The predicted octanol–water partition coefficient (Wildman–Crippen LogP) is 3.06. The number of likely N-dealkylation sites (tertiary alicyclic amines) is 1. The van der Waals surface area contributed by atoms with Crippen molar-refractivity contribution in [2.75, 3.05) is 51.2 Å². The van der Waals surface area contributed by atoms with E-state index in [1.807, 2.05) is 49.9 Å². The molecule has 2 saturated heterocycles. The van der Waals surface area contributed by atoms with Crippen molar-refractivity contribution >= 4 is 21.6 Å². The van der Waals surface area contributed by atoms with Gasteiger partial charge in [0.15, 0.2) is 0 Å². The summed E-state index contributed by atoms with van der Waals surface area (Å²) in [5.74, 6) is 0.614. The Balaban J connectivity index is 1.34. The molecule has 0 spiro atoms. The molecular weight excluding hydrogens is 502 g/mol. The van der Waals surface area contributed by atoms with Crippen molar-refractivity contribution in [1.82, 2.24) is 14.1 Å². The van der Waals surface area contributed by atoms with E-state index >= 15 is 0 Å². The van der Waals surface area contributed by atoms with Crippen LogP contribution in [0.5, 0.6) is 5.75 Å². The number of rotatable bonds is 9. The summed E-state index contributed by atoms with van der Waals surface area (Å²) >= 11 is 0. The third kappa shape index (κ3) is 6.53. The molecule has 0 saturated carbocycles. The summed E-state index contributed by atoms with van der Waals surface area (Å²) < 4.78 is 34.2. The Morgan fingerprint density at radius 1 is 1.08 bits per heavy atom. The van der Waals surface area contributed by atoms with E-state index in [2.05, 4.69) is 10.2 Å². The monoisotopic (exact) mass is 539 g/mol. The van der Waals surface area contributed by atoms with E-state index in [0.717, 1.165) is 30.9 Å². The molecule has 204 valence electrons. The average Bonchev–Trinajstić information content (AvgIpc) is 3.39. The van der Waals surface area contributed by atoms with E-state index in [4.69, 9.17) is 10.00 Å². The third-order valence-corrected chi connectivity index (χ3v) is 9.37. The van der Waals surface area contributed by atoms with Crippen LogP contribution >= 0.6 is 0 Å². The lowest BCUT2D eigenvalue weighted by atomic mass is 10.1. The molecule has 0 aliphatic carbocycles. The van der Waals surface area contributed by atoms with Crippen LogP contribution in [0.1, 0.15) is 37.8 Å². The van der Waals surface area contributed by atoms with Crippen molar-refractivity contribution in [1.29, 1.82) is 5.26 Å². The molecule has 2 atom stereocenters. The van der Waals surface area contributed by atoms with Crippen molar-refractivity contribution < 1.29 is 17.9 Å². The molecule has 9 nitrogen and oxygen atoms in total. The lowest BCUT2D eigenvalue weighted by Crippen LogP contribution is -2.59. The van der Waals surface area contributed by atoms with Crippen molar-refractivity contribution in [3.8, 4) is 11.8 Å². The minimum atomic E-state index is -3.78. The second-order valence-electron chi connectivity index (χ2n) is 10.2. The first-order valence-electron chi connectivity index (χ1n) is 13.2. The van der Waals surface area contributed by atoms with E-state index < -0.39 is 10.0 Å². The SMILES string of the molecule is Cc1c(NC(=O)CN2CC(C)N(S(=O)(=O)c3cccc(C#N)c3)C(C)C2)cccc1OCCN1CCCC1. The molecule has 2 aromatic rings. The Morgan fingerprint density at radius 3 is 2.45 bits per heavy atom. The lowest BCUT2D eigenvalue weighted by molar-refractivity contribution is -0.118. The van der Waals surface area contributed by atoms with Gasteiger partial charge in [0.2, 0.25) is 15.9 Å². The topological polar surface area (TPSA) is 106 Å². The number of benzene rings is 2. The number of piperazine rings is 1. The number of nitrogens with one attached hydrogen (secondary N) is 1. The number of carbonyl (C=O) groups excluding carboxylic acids is 1. The largest absolute Gasteiger partial charge is 0.492 e. The zero-order valence-corrected chi connectivity index (χ0v) is 23.2. The second kappa shape index (κ2) is 12.3. The maximum Gasteiger partial charge on any atom is 0.243 e. The highest BCUT2D eigenvalue weighted by molar-refractivity contribution is 7.89. The molecule has 1 amide bonds. The number of ether oxygens (including phenoxy) is 1. The van der Waals surface area contributed by atoms with Crippen LogP contribution in [0.3, 0.4) is 0 Å². The van der Waals surface area contributed by atoms with Gasteiger partial charge in [-0.1, -0.05) is 12.1 Å². The zero-order chi connectivity index (χ0) is 27.3. The molecule has 10 heteroatoms. The van der Waals surface area contributed by atoms with E-state index in [1.165, 1.54) is 29.3 Å². The summed E-state index contributed by atoms with van der Waals surface area (Å²) in [5, 5.41) is 12.2. The van der Waals surface area contributed by atoms with Crippen LogP contribution in [0.4, 0.5) is 5.69 Å². The van der Waals surface area contributed by atoms with Gasteiger partial charge in [0.25, 0.3) is 0 Å². The highest BCUT2D eigenvalue weighted by Crippen LogP contribution is 2.27. The molecule has 0 radical (unpaired) electrons. The van der Waals surface area contributed by atoms with Gasteiger partial charge in [-0.3, -0.25) is 14.6 Å². The first-order chi connectivity index (χ1) is 18.2. The maximum absolute atomic E-state index is 13.4. The third-order valence-electron chi connectivity index (χ3n) is 7.24. The molecule has 1 N–H and O–H groups in total. The van der Waals surface area contributed by atoms with Gasteiger partial charge in [-0.15, -0.1) is 0 Å². The lowest BCUT2D eigenvalue weighted by Gasteiger charge is -2.43. The molecule has 38 heavy (non-hydrogen) atoms. The van der Waals surface area contributed by atoms with Crippen LogP contribution in [-0.2, 0) is 14.8 Å². The minimum Gasteiger partial charge on any atom is -0.492 e. The smallest absolute Gasteiger partial charge is 0.243 e. The summed E-state index contributed by atoms with van der Waals surface area (Å²) in [4.78, 5) is 17.4. The van der Waals surface area contributed by atoms with E-state index in [9.17, 15) is 13.2 Å². The van der Waals surface area contributed by atoms with Crippen molar-refractivity contribution in [3.05, 3.63) is 53.6 Å². The number of hydrogen-bond acceptors (Lipinski definition) is 7. The summed E-state index contributed by atoms with van der Waals surface area (Å²) in [6.45, 7) is 10.4. The van der Waals surface area contributed by atoms with Crippen molar-refractivity contribution in [3.63, 3.8) is 0 Å². The van der Waals surface area contributed by atoms with Gasteiger partial charge in [0.1, 0.15) is 12.4 Å². The molecule has 2 fully saturated rings. The molecular formula is C28H37N5O4S. The summed E-state index contributed by atoms with van der Waals surface area (Å²) in [5.41, 5.74) is 1.91. The summed E-state index contributed by atoms with van der Waals surface area (Å²) in [7, 11) is -3.78. The second-order valence-corrected chi connectivity index (χ2v) is 12.1. The molecule has 2 aliphatic heterocycles. The van der Waals surface area contributed by atoms with Crippen molar-refractivity contribution in [2.45, 2.75) is 50.6 Å². The fraction of sp³-hybridized carbons (Fsp3) is 0.500. The van der Waals surface area contributed by atoms with E-state index in [1.54, 1.807) is 12.1 Å². The number of hydrogen-bond donors (Lipinski definition) is 1. The fourth-order valence-electron chi connectivity index (χ4n) is 5.46. The van der Waals surface area contributed by atoms with Crippen molar-refractivity contribution in [2.24, 2.45) is 0 Å². The number of carbonyl (C=O) groups is 1. The fourth-order valence-corrected chi connectivity index (χ4v) is 7.31. The predicted molar refractivity (Wildman–Crippen MR) is 147 cm³/mol. The Morgan fingerprint density at radius 2 is 1.76 bits per heavy atom. The van der Waals surface area contributed by atoms with E-state index in [0.29, 0.717) is 30.9 Å². The van der Waals surface area contributed by atoms with Gasteiger partial charge in [-0.05, 0) is 77.0 Å². The number of anilines is 1. The van der Waals surface area contributed by atoms with Gasteiger partial charge in [0.05, 0.1) is 23.1 Å². The highest BCUT2D eigenvalue weighted by atomic mass is 32.2. The van der Waals surface area contributed by atoms with Crippen LogP contribution < -0.4 is 10.1 Å². The Kier molecular flexibility index (Phi) is 9.05. The van der Waals surface area contributed by atoms with Crippen LogP contribution in [0.25, 0.3) is 0 Å². The number of sulfonamides is 1. The normalized spacial score (nSPS) is 21.2. The molecule has 2 aromatic carbocycles. The molecule has 2 unspecified atom stereocenters. The maximum atomic E-state index is 13.4. The number of nitrogens with zero attached hydrogens (tertiary/aromatic N) is 4. The number of amides is 1. The van der Waals surface area contributed by atoms with Crippen LogP contribution in [0.15, 0.2) is 47.4 Å². The Bertz CT molecular complexity index is 1270. The molecule has 0 aromatic heterocycles. The standard InChI is InChI=1S/C28H37N5O4S/c1-21-18-32(19-22(2)33(21)38(35,36)25-9-6-8-24(16-25)17-29)20-28(34)30-26-10-7-11-27(23(26)3)37-15-14-31-12-4-5-13-31/h6-11,16,21-22H,4-5,12-15,18-20H2,1-3H3,(H,30,34). The zero-order valence-electron chi connectivity index (χ0n) is 22.4. The van der Waals surface area contributed by atoms with Gasteiger partial charge in [-0.2, -0.15) is 9.57 Å². The molecule has 2 aliphatic rings. The van der Waals surface area contributed by atoms with Crippen LogP contribution in [0, 0.1) is 18.3 Å². The van der Waals surface area contributed by atoms with Gasteiger partial charge >= 0.3 is 0 Å². The first kappa shape index (κ1) is 28.0. The molecule has 0 bridgehead atoms. The highest BCUT2D eigenvalue weighted by Gasteiger charge is 2.39.